The number of thioether (sulfide) groups is 1. The molecule has 3 aromatic rings. The van der Waals surface area contributed by atoms with Crippen LogP contribution in [0.5, 0.6) is 11.5 Å². The van der Waals surface area contributed by atoms with Crippen molar-refractivity contribution in [3.8, 4) is 22.9 Å². The van der Waals surface area contributed by atoms with Crippen molar-refractivity contribution in [3.05, 3.63) is 54.1 Å². The van der Waals surface area contributed by atoms with Gasteiger partial charge in [-0.3, -0.25) is 0 Å². The van der Waals surface area contributed by atoms with E-state index in [0.717, 1.165) is 29.0 Å². The number of nitrogen functional groups attached to an aromatic ring is 1. The number of hydrogen-bond donors (Lipinski definition) is 1. The van der Waals surface area contributed by atoms with E-state index in [9.17, 15) is 0 Å². The molecule has 2 aromatic carbocycles. The van der Waals surface area contributed by atoms with Gasteiger partial charge in [0, 0.05) is 17.7 Å². The molecule has 6 nitrogen and oxygen atoms in total. The number of ether oxygens (including phenoxy) is 2. The molecule has 7 heteroatoms. The highest BCUT2D eigenvalue weighted by molar-refractivity contribution is 7.98. The molecular formula is C19H18N4O2S. The monoisotopic (exact) mass is 366 g/mol. The molecule has 0 saturated carbocycles. The Morgan fingerprint density at radius 1 is 0.923 bits per heavy atom. The zero-order valence-electron chi connectivity index (χ0n) is 14.1. The Kier molecular flexibility index (Phi) is 4.88. The van der Waals surface area contributed by atoms with E-state index in [-0.39, 0.29) is 5.95 Å². The average molecular weight is 366 g/mol. The van der Waals surface area contributed by atoms with E-state index in [1.54, 1.807) is 0 Å². The maximum Gasteiger partial charge on any atom is 0.224 e. The highest BCUT2D eigenvalue weighted by Gasteiger charge is 2.12. The summed E-state index contributed by atoms with van der Waals surface area (Å²) in [5.74, 6) is 3.10. The number of nitrogens with two attached hydrogens (primary N) is 1. The lowest BCUT2D eigenvalue weighted by Gasteiger charge is -2.09. The van der Waals surface area contributed by atoms with E-state index in [4.69, 9.17) is 15.2 Å². The van der Waals surface area contributed by atoms with Crippen LogP contribution in [0.4, 0.5) is 5.95 Å². The van der Waals surface area contributed by atoms with Gasteiger partial charge in [-0.25, -0.2) is 4.98 Å². The lowest BCUT2D eigenvalue weighted by molar-refractivity contribution is 0.297. The highest BCUT2D eigenvalue weighted by Crippen LogP contribution is 2.32. The summed E-state index contributed by atoms with van der Waals surface area (Å²) in [6.45, 7) is 1.36. The molecule has 0 atom stereocenters. The van der Waals surface area contributed by atoms with Gasteiger partial charge in [0.1, 0.15) is 0 Å². The second kappa shape index (κ2) is 7.61. The fourth-order valence-electron chi connectivity index (χ4n) is 2.60. The topological polar surface area (TPSA) is 83.2 Å². The van der Waals surface area contributed by atoms with Gasteiger partial charge in [-0.2, -0.15) is 9.97 Å². The minimum Gasteiger partial charge on any atom is -0.490 e. The molecule has 0 fully saturated rings. The van der Waals surface area contributed by atoms with Gasteiger partial charge in [0.25, 0.3) is 0 Å². The number of aromatic nitrogens is 3. The number of hydrogen-bond acceptors (Lipinski definition) is 7. The molecule has 2 N–H and O–H groups in total. The van der Waals surface area contributed by atoms with Crippen LogP contribution >= 0.6 is 11.8 Å². The van der Waals surface area contributed by atoms with Crippen molar-refractivity contribution in [2.24, 2.45) is 0 Å². The van der Waals surface area contributed by atoms with Crippen LogP contribution in [0.3, 0.4) is 0 Å². The van der Waals surface area contributed by atoms with E-state index in [1.807, 2.05) is 48.5 Å². The SMILES string of the molecule is Nc1nc(SCc2ccc3c(c2)OCCCO3)nc(-c2ccccc2)n1. The van der Waals surface area contributed by atoms with Crippen LogP contribution in [0.25, 0.3) is 11.4 Å². The molecule has 0 unspecified atom stereocenters. The van der Waals surface area contributed by atoms with Crippen LogP contribution in [0.15, 0.2) is 53.7 Å². The first-order valence-electron chi connectivity index (χ1n) is 8.36. The predicted octanol–water partition coefficient (Wildman–Crippen LogP) is 3.57. The third kappa shape index (κ3) is 3.88. The molecule has 2 heterocycles. The molecule has 0 saturated heterocycles. The highest BCUT2D eigenvalue weighted by atomic mass is 32.2. The Labute approximate surface area is 155 Å². The van der Waals surface area contributed by atoms with Crippen LogP contribution in [-0.4, -0.2) is 28.2 Å². The van der Waals surface area contributed by atoms with Crippen LogP contribution in [0.2, 0.25) is 0 Å². The van der Waals surface area contributed by atoms with Crippen molar-refractivity contribution < 1.29 is 9.47 Å². The third-order valence-electron chi connectivity index (χ3n) is 3.84. The van der Waals surface area contributed by atoms with Crippen molar-refractivity contribution in [3.63, 3.8) is 0 Å². The van der Waals surface area contributed by atoms with Crippen molar-refractivity contribution in [1.82, 2.24) is 15.0 Å². The number of nitrogens with zero attached hydrogens (tertiary/aromatic N) is 3. The number of rotatable bonds is 4. The molecule has 1 aliphatic heterocycles. The Bertz CT molecular complexity index is 905. The average Bonchev–Trinajstić information content (AvgIpc) is 2.91. The summed E-state index contributed by atoms with van der Waals surface area (Å²) in [5, 5.41) is 0.600. The minimum absolute atomic E-state index is 0.222. The standard InChI is InChI=1S/C19H18N4O2S/c20-18-21-17(14-5-2-1-3-6-14)22-19(23-18)26-12-13-7-8-15-16(11-13)25-10-4-9-24-15/h1-3,5-8,11H,4,9-10,12H2,(H2,20,21,22,23). The lowest BCUT2D eigenvalue weighted by atomic mass is 10.2. The van der Waals surface area contributed by atoms with Crippen LogP contribution < -0.4 is 15.2 Å². The molecule has 0 spiro atoms. The molecule has 132 valence electrons. The van der Waals surface area contributed by atoms with Gasteiger partial charge in [0.2, 0.25) is 5.95 Å². The second-order valence-corrected chi connectivity index (χ2v) is 6.73. The number of benzene rings is 2. The van der Waals surface area contributed by atoms with E-state index < -0.39 is 0 Å². The summed E-state index contributed by atoms with van der Waals surface area (Å²) in [7, 11) is 0. The molecule has 0 bridgehead atoms. The summed E-state index contributed by atoms with van der Waals surface area (Å²) in [6.07, 6.45) is 0.894. The molecule has 1 aliphatic rings. The predicted molar refractivity (Wildman–Crippen MR) is 101 cm³/mol. The smallest absolute Gasteiger partial charge is 0.224 e. The van der Waals surface area contributed by atoms with Gasteiger partial charge < -0.3 is 15.2 Å². The second-order valence-electron chi connectivity index (χ2n) is 5.79. The maximum atomic E-state index is 5.86. The first kappa shape index (κ1) is 16.7. The van der Waals surface area contributed by atoms with Crippen LogP contribution in [0, 0.1) is 0 Å². The minimum atomic E-state index is 0.222. The first-order valence-corrected chi connectivity index (χ1v) is 9.35. The Hall–Kier alpha value is -2.80. The van der Waals surface area contributed by atoms with Crippen LogP contribution in [0.1, 0.15) is 12.0 Å². The van der Waals surface area contributed by atoms with E-state index in [1.165, 1.54) is 11.8 Å². The van der Waals surface area contributed by atoms with E-state index in [2.05, 4.69) is 15.0 Å². The zero-order chi connectivity index (χ0) is 17.8. The molecule has 1 aromatic heterocycles. The van der Waals surface area contributed by atoms with Crippen molar-refractivity contribution in [1.29, 1.82) is 0 Å². The molecular weight excluding hydrogens is 348 g/mol. The number of anilines is 1. The summed E-state index contributed by atoms with van der Waals surface area (Å²) < 4.78 is 11.4. The van der Waals surface area contributed by atoms with Crippen LogP contribution in [-0.2, 0) is 5.75 Å². The maximum absolute atomic E-state index is 5.86. The fourth-order valence-corrected chi connectivity index (χ4v) is 3.38. The molecule has 0 radical (unpaired) electrons. The van der Waals surface area contributed by atoms with Gasteiger partial charge in [-0.05, 0) is 17.7 Å². The van der Waals surface area contributed by atoms with E-state index in [0.29, 0.717) is 29.9 Å². The third-order valence-corrected chi connectivity index (χ3v) is 4.76. The molecule has 0 amide bonds. The Morgan fingerprint density at radius 3 is 2.58 bits per heavy atom. The molecule has 26 heavy (non-hydrogen) atoms. The Morgan fingerprint density at radius 2 is 1.73 bits per heavy atom. The van der Waals surface area contributed by atoms with Gasteiger partial charge >= 0.3 is 0 Å². The van der Waals surface area contributed by atoms with Crippen molar-refractivity contribution in [2.75, 3.05) is 18.9 Å². The normalized spacial score (nSPS) is 13.2. The zero-order valence-corrected chi connectivity index (χ0v) is 14.9. The largest absolute Gasteiger partial charge is 0.490 e. The quantitative estimate of drug-likeness (QED) is 0.707. The Balaban J connectivity index is 1.51. The molecule has 0 aliphatic carbocycles. The van der Waals surface area contributed by atoms with Gasteiger partial charge in [0.15, 0.2) is 22.5 Å². The summed E-state index contributed by atoms with van der Waals surface area (Å²) in [4.78, 5) is 13.0. The van der Waals surface area contributed by atoms with Gasteiger partial charge in [-0.15, -0.1) is 0 Å². The first-order chi connectivity index (χ1) is 12.8. The fraction of sp³-hybridized carbons (Fsp3) is 0.211. The number of fused-ring (bicyclic) bond motifs is 1. The van der Waals surface area contributed by atoms with Gasteiger partial charge in [0.05, 0.1) is 13.2 Å². The van der Waals surface area contributed by atoms with E-state index >= 15 is 0 Å². The molecule has 4 rings (SSSR count). The van der Waals surface area contributed by atoms with Gasteiger partial charge in [-0.1, -0.05) is 48.2 Å². The van der Waals surface area contributed by atoms with Crippen molar-refractivity contribution in [2.45, 2.75) is 17.3 Å². The summed E-state index contributed by atoms with van der Waals surface area (Å²) >= 11 is 1.51. The lowest BCUT2D eigenvalue weighted by Crippen LogP contribution is -2.01. The summed E-state index contributed by atoms with van der Waals surface area (Å²) in [6, 6.07) is 15.7. The summed E-state index contributed by atoms with van der Waals surface area (Å²) in [5.41, 5.74) is 7.89. The van der Waals surface area contributed by atoms with Crippen molar-refractivity contribution >= 4 is 17.7 Å².